The molecule has 20 heavy (non-hydrogen) atoms. The Kier molecular flexibility index (Phi) is 4.69. The lowest BCUT2D eigenvalue weighted by Crippen LogP contribution is -2.17. The van der Waals surface area contributed by atoms with Crippen LogP contribution in [0.1, 0.15) is 27.0 Å². The number of hydrazone groups is 1. The Morgan fingerprint density at radius 3 is 2.55 bits per heavy atom. The molecule has 2 aromatic carbocycles. The fourth-order valence-corrected chi connectivity index (χ4v) is 1.99. The average Bonchev–Trinajstić information content (AvgIpc) is 2.43. The Morgan fingerprint density at radius 2 is 1.85 bits per heavy atom. The third-order valence-electron chi connectivity index (χ3n) is 2.91. The quantitative estimate of drug-likeness (QED) is 0.674. The van der Waals surface area contributed by atoms with Crippen molar-refractivity contribution in [2.45, 2.75) is 13.8 Å². The maximum absolute atomic E-state index is 11.9. The number of rotatable bonds is 3. The van der Waals surface area contributed by atoms with Crippen LogP contribution in [0.15, 0.2) is 52.0 Å². The van der Waals surface area contributed by atoms with E-state index in [1.165, 1.54) is 0 Å². The second-order valence-corrected chi connectivity index (χ2v) is 5.48. The molecule has 0 heterocycles. The molecule has 0 aliphatic heterocycles. The van der Waals surface area contributed by atoms with Crippen LogP contribution in [-0.2, 0) is 0 Å². The van der Waals surface area contributed by atoms with E-state index in [2.05, 4.69) is 26.5 Å². The number of carbonyl (C=O) groups excluding carboxylic acids is 1. The first-order chi connectivity index (χ1) is 9.56. The van der Waals surface area contributed by atoms with E-state index in [0.29, 0.717) is 5.56 Å². The molecule has 102 valence electrons. The Bertz CT molecular complexity index is 648. The van der Waals surface area contributed by atoms with Crippen LogP contribution in [0.25, 0.3) is 0 Å². The fourth-order valence-electron chi connectivity index (χ4n) is 1.73. The van der Waals surface area contributed by atoms with Crippen molar-refractivity contribution in [2.75, 3.05) is 0 Å². The summed E-state index contributed by atoms with van der Waals surface area (Å²) in [4.78, 5) is 11.9. The van der Waals surface area contributed by atoms with Crippen LogP contribution in [0, 0.1) is 13.8 Å². The molecule has 0 spiro atoms. The molecule has 0 atom stereocenters. The van der Waals surface area contributed by atoms with E-state index in [0.717, 1.165) is 21.2 Å². The molecule has 1 amide bonds. The Hall–Kier alpha value is -1.94. The second kappa shape index (κ2) is 6.48. The van der Waals surface area contributed by atoms with Gasteiger partial charge < -0.3 is 0 Å². The minimum atomic E-state index is -0.223. The van der Waals surface area contributed by atoms with Crippen LogP contribution in [0.5, 0.6) is 0 Å². The first-order valence-corrected chi connectivity index (χ1v) is 7.02. The molecule has 0 aromatic heterocycles. The summed E-state index contributed by atoms with van der Waals surface area (Å²) in [6, 6.07) is 13.2. The van der Waals surface area contributed by atoms with Gasteiger partial charge in [-0.3, -0.25) is 4.79 Å². The number of hydrogen-bond donors (Lipinski definition) is 1. The maximum atomic E-state index is 11.9. The molecule has 1 N–H and O–H groups in total. The third kappa shape index (κ3) is 3.78. The van der Waals surface area contributed by atoms with Gasteiger partial charge in [0, 0.05) is 10.0 Å². The summed E-state index contributed by atoms with van der Waals surface area (Å²) in [7, 11) is 0. The summed E-state index contributed by atoms with van der Waals surface area (Å²) in [5, 5.41) is 4.01. The Labute approximate surface area is 126 Å². The average molecular weight is 331 g/mol. The van der Waals surface area contributed by atoms with Crippen LogP contribution in [-0.4, -0.2) is 12.1 Å². The van der Waals surface area contributed by atoms with Gasteiger partial charge in [-0.15, -0.1) is 0 Å². The summed E-state index contributed by atoms with van der Waals surface area (Å²) >= 11 is 3.33. The van der Waals surface area contributed by atoms with Crippen molar-refractivity contribution in [1.82, 2.24) is 5.43 Å². The van der Waals surface area contributed by atoms with Gasteiger partial charge in [-0.25, -0.2) is 5.43 Å². The van der Waals surface area contributed by atoms with Crippen LogP contribution in [0.3, 0.4) is 0 Å². The molecular formula is C16H15BrN2O. The van der Waals surface area contributed by atoms with Gasteiger partial charge in [0.2, 0.25) is 0 Å². The van der Waals surface area contributed by atoms with E-state index in [-0.39, 0.29) is 5.91 Å². The predicted molar refractivity (Wildman–Crippen MR) is 85.1 cm³/mol. The fraction of sp³-hybridized carbons (Fsp3) is 0.125. The van der Waals surface area contributed by atoms with E-state index in [1.807, 2.05) is 44.2 Å². The van der Waals surface area contributed by atoms with Gasteiger partial charge in [0.05, 0.1) is 6.21 Å². The van der Waals surface area contributed by atoms with Gasteiger partial charge in [-0.2, -0.15) is 5.10 Å². The number of aryl methyl sites for hydroxylation is 2. The molecule has 4 heteroatoms. The molecule has 0 fully saturated rings. The zero-order valence-corrected chi connectivity index (χ0v) is 12.9. The number of amides is 1. The largest absolute Gasteiger partial charge is 0.271 e. The highest BCUT2D eigenvalue weighted by atomic mass is 79.9. The Balaban J connectivity index is 2.04. The van der Waals surface area contributed by atoms with Crippen LogP contribution in [0.2, 0.25) is 0 Å². The first-order valence-electron chi connectivity index (χ1n) is 6.22. The minimum Gasteiger partial charge on any atom is -0.267 e. The summed E-state index contributed by atoms with van der Waals surface area (Å²) in [6.07, 6.45) is 1.67. The zero-order valence-electron chi connectivity index (χ0n) is 11.4. The number of hydrogen-bond acceptors (Lipinski definition) is 2. The molecule has 3 nitrogen and oxygen atoms in total. The molecule has 2 rings (SSSR count). The number of nitrogens with one attached hydrogen (secondary N) is 1. The third-order valence-corrected chi connectivity index (χ3v) is 3.44. The number of carbonyl (C=O) groups is 1. The number of nitrogens with zero attached hydrogens (tertiary/aromatic N) is 1. The van der Waals surface area contributed by atoms with Crippen molar-refractivity contribution in [3.8, 4) is 0 Å². The van der Waals surface area contributed by atoms with Crippen molar-refractivity contribution in [2.24, 2.45) is 5.10 Å². The summed E-state index contributed by atoms with van der Waals surface area (Å²) in [5.41, 5.74) is 6.39. The van der Waals surface area contributed by atoms with Gasteiger partial charge in [0.15, 0.2) is 0 Å². The molecule has 0 radical (unpaired) electrons. The van der Waals surface area contributed by atoms with Crippen molar-refractivity contribution >= 4 is 28.1 Å². The maximum Gasteiger partial charge on any atom is 0.271 e. The van der Waals surface area contributed by atoms with E-state index in [1.54, 1.807) is 18.3 Å². The van der Waals surface area contributed by atoms with Crippen LogP contribution in [0.4, 0.5) is 0 Å². The van der Waals surface area contributed by atoms with E-state index in [9.17, 15) is 4.79 Å². The van der Waals surface area contributed by atoms with E-state index in [4.69, 9.17) is 0 Å². The lowest BCUT2D eigenvalue weighted by molar-refractivity contribution is 0.0955. The summed E-state index contributed by atoms with van der Waals surface area (Å²) in [5.74, 6) is -0.223. The standard InChI is InChI=1S/C16H15BrN2O/c1-11-3-4-12(2)14(9-11)10-18-19-16(20)13-5-7-15(17)8-6-13/h3-10H,1-2H3,(H,19,20). The number of benzene rings is 2. The molecule has 0 unspecified atom stereocenters. The predicted octanol–water partition coefficient (Wildman–Crippen LogP) is 3.83. The van der Waals surface area contributed by atoms with Gasteiger partial charge in [-0.1, -0.05) is 39.7 Å². The molecule has 2 aromatic rings. The van der Waals surface area contributed by atoms with Gasteiger partial charge in [0.25, 0.3) is 5.91 Å². The normalized spacial score (nSPS) is 10.8. The smallest absolute Gasteiger partial charge is 0.267 e. The van der Waals surface area contributed by atoms with Crippen LogP contribution >= 0.6 is 15.9 Å². The van der Waals surface area contributed by atoms with Crippen molar-refractivity contribution < 1.29 is 4.79 Å². The highest BCUT2D eigenvalue weighted by Crippen LogP contribution is 2.10. The van der Waals surface area contributed by atoms with Crippen molar-refractivity contribution in [1.29, 1.82) is 0 Å². The van der Waals surface area contributed by atoms with E-state index >= 15 is 0 Å². The summed E-state index contributed by atoms with van der Waals surface area (Å²) < 4.78 is 0.938. The van der Waals surface area contributed by atoms with Gasteiger partial charge in [0.1, 0.15) is 0 Å². The zero-order chi connectivity index (χ0) is 14.5. The molecular weight excluding hydrogens is 316 g/mol. The van der Waals surface area contributed by atoms with Crippen molar-refractivity contribution in [3.05, 3.63) is 69.2 Å². The van der Waals surface area contributed by atoms with Crippen LogP contribution < -0.4 is 5.43 Å². The molecule has 0 saturated heterocycles. The lowest BCUT2D eigenvalue weighted by Gasteiger charge is -2.02. The molecule has 0 saturated carbocycles. The highest BCUT2D eigenvalue weighted by molar-refractivity contribution is 9.10. The highest BCUT2D eigenvalue weighted by Gasteiger charge is 2.03. The van der Waals surface area contributed by atoms with Gasteiger partial charge in [-0.05, 0) is 49.2 Å². The number of halogens is 1. The topological polar surface area (TPSA) is 41.5 Å². The lowest BCUT2D eigenvalue weighted by atomic mass is 10.1. The first kappa shape index (κ1) is 14.5. The second-order valence-electron chi connectivity index (χ2n) is 4.57. The molecule has 0 bridgehead atoms. The molecule has 0 aliphatic carbocycles. The molecule has 0 aliphatic rings. The van der Waals surface area contributed by atoms with Gasteiger partial charge >= 0.3 is 0 Å². The minimum absolute atomic E-state index is 0.223. The SMILES string of the molecule is Cc1ccc(C)c(C=NNC(=O)c2ccc(Br)cc2)c1. The monoisotopic (exact) mass is 330 g/mol. The summed E-state index contributed by atoms with van der Waals surface area (Å²) in [6.45, 7) is 4.04. The van der Waals surface area contributed by atoms with E-state index < -0.39 is 0 Å². The Morgan fingerprint density at radius 1 is 1.15 bits per heavy atom. The van der Waals surface area contributed by atoms with Crippen molar-refractivity contribution in [3.63, 3.8) is 0 Å².